The Morgan fingerprint density at radius 1 is 1.50 bits per heavy atom. The smallest absolute Gasteiger partial charge is 0.313 e. The number of hydrogen-bond donors (Lipinski definition) is 1. The van der Waals surface area contributed by atoms with E-state index in [0.29, 0.717) is 12.8 Å². The average Bonchev–Trinajstić information content (AvgIpc) is 2.38. The Morgan fingerprint density at radius 3 is 2.89 bits per heavy atom. The predicted octanol–water partition coefficient (Wildman–Crippen LogP) is 3.05. The molecule has 0 aliphatic carbocycles. The maximum Gasteiger partial charge on any atom is 0.313 e. The van der Waals surface area contributed by atoms with E-state index in [9.17, 15) is 9.90 Å². The molecule has 1 unspecified atom stereocenters. The first-order valence-electron chi connectivity index (χ1n) is 6.18. The molecule has 0 aromatic heterocycles. The molecule has 1 aliphatic heterocycles. The van der Waals surface area contributed by atoms with Gasteiger partial charge in [0.15, 0.2) is 0 Å². The minimum absolute atomic E-state index is 0.221. The van der Waals surface area contributed by atoms with Gasteiger partial charge in [-0.25, -0.2) is 0 Å². The summed E-state index contributed by atoms with van der Waals surface area (Å²) in [6.45, 7) is 6.15. The molecule has 1 aromatic carbocycles. The number of aliphatic carboxylic acids is 1. The van der Waals surface area contributed by atoms with Gasteiger partial charge in [0.25, 0.3) is 0 Å². The number of carbonyl (C=O) groups is 1. The van der Waals surface area contributed by atoms with E-state index in [0.717, 1.165) is 23.3 Å². The molecule has 0 spiro atoms. The number of hydrogen-bond acceptors (Lipinski definition) is 2. The molecule has 18 heavy (non-hydrogen) atoms. The molecule has 3 heteroatoms. The van der Waals surface area contributed by atoms with Crippen LogP contribution in [0.15, 0.2) is 36.4 Å². The van der Waals surface area contributed by atoms with Gasteiger partial charge in [-0.05, 0) is 30.9 Å². The number of allylic oxidation sites excluding steroid dienone is 1. The van der Waals surface area contributed by atoms with Crippen LogP contribution in [-0.2, 0) is 11.2 Å². The van der Waals surface area contributed by atoms with Crippen molar-refractivity contribution in [3.63, 3.8) is 0 Å². The Hall–Kier alpha value is -1.77. The van der Waals surface area contributed by atoms with Gasteiger partial charge in [0.05, 0.1) is 0 Å². The molecule has 0 amide bonds. The van der Waals surface area contributed by atoms with Crippen LogP contribution in [0.3, 0.4) is 0 Å². The second-order valence-electron chi connectivity index (χ2n) is 4.94. The molecule has 0 saturated carbocycles. The van der Waals surface area contributed by atoms with Crippen LogP contribution in [0.5, 0.6) is 5.75 Å². The molecule has 3 nitrogen and oxygen atoms in total. The fraction of sp³-hybridized carbons (Fsp3) is 0.400. The Morgan fingerprint density at radius 2 is 2.22 bits per heavy atom. The Bertz CT molecular complexity index is 478. The summed E-state index contributed by atoms with van der Waals surface area (Å²) in [7, 11) is 0. The number of carboxylic acid groups (broad SMARTS) is 1. The molecule has 96 valence electrons. The van der Waals surface area contributed by atoms with Gasteiger partial charge in [0, 0.05) is 0 Å². The van der Waals surface area contributed by atoms with Crippen molar-refractivity contribution in [3.05, 3.63) is 42.0 Å². The van der Waals surface area contributed by atoms with Gasteiger partial charge in [-0.2, -0.15) is 0 Å². The Balaban J connectivity index is 2.30. The zero-order valence-corrected chi connectivity index (χ0v) is 10.6. The molecule has 1 heterocycles. The summed E-state index contributed by atoms with van der Waals surface area (Å²) in [5, 5.41) is 9.54. The van der Waals surface area contributed by atoms with E-state index in [1.165, 1.54) is 0 Å². The largest absolute Gasteiger partial charge is 0.492 e. The van der Waals surface area contributed by atoms with E-state index >= 15 is 0 Å². The van der Waals surface area contributed by atoms with Crippen LogP contribution in [-0.4, -0.2) is 17.7 Å². The van der Waals surface area contributed by atoms with Crippen LogP contribution in [0, 0.1) is 5.41 Å². The molecule has 1 atom stereocenters. The number of carboxylic acids is 1. The van der Waals surface area contributed by atoms with Crippen molar-refractivity contribution in [1.82, 2.24) is 0 Å². The minimum atomic E-state index is -0.860. The first-order chi connectivity index (χ1) is 8.57. The number of ether oxygens (including phenoxy) is 1. The predicted molar refractivity (Wildman–Crippen MR) is 69.8 cm³/mol. The lowest BCUT2D eigenvalue weighted by Crippen LogP contribution is -2.42. The van der Waals surface area contributed by atoms with Crippen molar-refractivity contribution >= 4 is 5.97 Å². The molecule has 0 radical (unpaired) electrons. The second-order valence-corrected chi connectivity index (χ2v) is 4.94. The summed E-state index contributed by atoms with van der Waals surface area (Å²) in [6, 6.07) is 7.63. The molecule has 1 aliphatic rings. The molecule has 2 rings (SSSR count). The molecular weight excluding hydrogens is 228 g/mol. The molecule has 1 aromatic rings. The van der Waals surface area contributed by atoms with Gasteiger partial charge in [0.1, 0.15) is 17.8 Å². The van der Waals surface area contributed by atoms with E-state index in [4.69, 9.17) is 4.74 Å². The lowest BCUT2D eigenvalue weighted by Gasteiger charge is -2.34. The van der Waals surface area contributed by atoms with E-state index in [2.05, 4.69) is 6.58 Å². The van der Waals surface area contributed by atoms with Crippen LogP contribution < -0.4 is 4.74 Å². The highest BCUT2D eigenvalue weighted by atomic mass is 16.5. The molecule has 0 fully saturated rings. The topological polar surface area (TPSA) is 46.5 Å². The van der Waals surface area contributed by atoms with E-state index in [1.807, 2.05) is 31.2 Å². The van der Waals surface area contributed by atoms with Crippen LogP contribution in [0.25, 0.3) is 0 Å². The lowest BCUT2D eigenvalue weighted by molar-refractivity contribution is -0.151. The monoisotopic (exact) mass is 246 g/mol. The maximum atomic E-state index is 11.6. The number of rotatable bonds is 4. The maximum absolute atomic E-state index is 11.6. The highest BCUT2D eigenvalue weighted by molar-refractivity contribution is 5.76. The molecular formula is C15H18O3. The van der Waals surface area contributed by atoms with E-state index in [-0.39, 0.29) is 6.61 Å². The average molecular weight is 246 g/mol. The summed E-state index contributed by atoms with van der Waals surface area (Å²) < 4.78 is 5.62. The first-order valence-corrected chi connectivity index (χ1v) is 6.18. The van der Waals surface area contributed by atoms with Crippen LogP contribution in [0.4, 0.5) is 0 Å². The van der Waals surface area contributed by atoms with E-state index in [1.54, 1.807) is 0 Å². The Kier molecular flexibility index (Phi) is 3.41. The summed E-state index contributed by atoms with van der Waals surface area (Å²) in [6.07, 6.45) is 1.79. The van der Waals surface area contributed by atoms with Crippen molar-refractivity contribution in [1.29, 1.82) is 0 Å². The van der Waals surface area contributed by atoms with Gasteiger partial charge in [0.2, 0.25) is 0 Å². The zero-order valence-electron chi connectivity index (χ0n) is 10.6. The fourth-order valence-electron chi connectivity index (χ4n) is 2.35. The highest BCUT2D eigenvalue weighted by Crippen LogP contribution is 2.39. The van der Waals surface area contributed by atoms with Crippen molar-refractivity contribution < 1.29 is 14.6 Å². The summed E-state index contributed by atoms with van der Waals surface area (Å²) >= 11 is 0. The lowest BCUT2D eigenvalue weighted by atomic mass is 9.75. The SMILES string of the molecule is C=C(CC)CC1(C(=O)O)COc2ccccc2C1. The second kappa shape index (κ2) is 4.84. The normalized spacial score (nSPS) is 21.8. The van der Waals surface area contributed by atoms with Crippen LogP contribution in [0.1, 0.15) is 25.3 Å². The van der Waals surface area contributed by atoms with Crippen molar-refractivity contribution in [3.8, 4) is 5.75 Å². The van der Waals surface area contributed by atoms with Crippen LogP contribution >= 0.6 is 0 Å². The van der Waals surface area contributed by atoms with Gasteiger partial charge in [-0.3, -0.25) is 4.79 Å². The molecule has 0 saturated heterocycles. The number of fused-ring (bicyclic) bond motifs is 1. The van der Waals surface area contributed by atoms with Crippen molar-refractivity contribution in [2.24, 2.45) is 5.41 Å². The number of para-hydroxylation sites is 1. The van der Waals surface area contributed by atoms with Gasteiger partial charge in [-0.15, -0.1) is 0 Å². The molecule has 1 N–H and O–H groups in total. The van der Waals surface area contributed by atoms with Crippen LogP contribution in [0.2, 0.25) is 0 Å². The summed E-state index contributed by atoms with van der Waals surface area (Å²) in [4.78, 5) is 11.6. The summed E-state index contributed by atoms with van der Waals surface area (Å²) in [5.41, 5.74) is 1.07. The standard InChI is InChI=1S/C15H18O3/c1-3-11(2)8-15(14(16)17)9-12-6-4-5-7-13(12)18-10-15/h4-7H,2-3,8-10H2,1H3,(H,16,17). The minimum Gasteiger partial charge on any atom is -0.492 e. The molecule has 0 bridgehead atoms. The van der Waals surface area contributed by atoms with Crippen molar-refractivity contribution in [2.45, 2.75) is 26.2 Å². The third-order valence-electron chi connectivity index (χ3n) is 3.55. The first kappa shape index (κ1) is 12.7. The van der Waals surface area contributed by atoms with E-state index < -0.39 is 11.4 Å². The third-order valence-corrected chi connectivity index (χ3v) is 3.55. The van der Waals surface area contributed by atoms with Crippen molar-refractivity contribution in [2.75, 3.05) is 6.61 Å². The third kappa shape index (κ3) is 2.26. The summed E-state index contributed by atoms with van der Waals surface area (Å²) in [5.74, 6) is 0.00286. The fourth-order valence-corrected chi connectivity index (χ4v) is 2.35. The highest BCUT2D eigenvalue weighted by Gasteiger charge is 2.43. The Labute approximate surface area is 107 Å². The number of benzene rings is 1. The quantitative estimate of drug-likeness (QED) is 0.830. The van der Waals surface area contributed by atoms with Gasteiger partial charge in [-0.1, -0.05) is 37.3 Å². The van der Waals surface area contributed by atoms with Gasteiger partial charge < -0.3 is 9.84 Å². The zero-order chi connectivity index (χ0) is 13.2. The van der Waals surface area contributed by atoms with Gasteiger partial charge >= 0.3 is 5.97 Å².